The highest BCUT2D eigenvalue weighted by Crippen LogP contribution is 2.35. The molecule has 0 atom stereocenters. The van der Waals surface area contributed by atoms with Gasteiger partial charge in [0.1, 0.15) is 12.4 Å². The lowest BCUT2D eigenvalue weighted by Crippen LogP contribution is -2.28. The molecule has 0 saturated carbocycles. The van der Waals surface area contributed by atoms with Crippen molar-refractivity contribution in [2.24, 2.45) is 0 Å². The van der Waals surface area contributed by atoms with E-state index in [2.05, 4.69) is 5.32 Å². The van der Waals surface area contributed by atoms with Crippen LogP contribution >= 0.6 is 0 Å². The number of nitrogens with one attached hydrogen (secondary N) is 1. The number of carbonyl (C=O) groups excluding carboxylic acids is 1. The first-order chi connectivity index (χ1) is 11.9. The number of anilines is 1. The van der Waals surface area contributed by atoms with Gasteiger partial charge in [-0.15, -0.1) is 0 Å². The predicted molar refractivity (Wildman–Crippen MR) is 89.1 cm³/mol. The number of alkyl halides is 3. The van der Waals surface area contributed by atoms with Crippen LogP contribution in [0.3, 0.4) is 0 Å². The summed E-state index contributed by atoms with van der Waals surface area (Å²) in [6, 6.07) is 12.2. The number of carbonyl (C=O) groups is 1. The standard InChI is InChI=1S/C18H19F3N2O2/c19-18(20,21)14-6-2-4-8-16(14)25-12-11-23-17(24)10-9-13-5-1-3-7-15(13)22/h1-8H,9-12,22H2,(H,23,24). The molecule has 2 aromatic carbocycles. The number of ether oxygens (including phenoxy) is 1. The van der Waals surface area contributed by atoms with E-state index in [9.17, 15) is 18.0 Å². The summed E-state index contributed by atoms with van der Waals surface area (Å²) in [7, 11) is 0. The molecule has 2 rings (SSSR count). The molecule has 7 heteroatoms. The molecule has 25 heavy (non-hydrogen) atoms. The molecule has 0 aliphatic heterocycles. The molecule has 0 heterocycles. The number of rotatable bonds is 7. The van der Waals surface area contributed by atoms with Gasteiger partial charge in [-0.3, -0.25) is 4.79 Å². The average Bonchev–Trinajstić information content (AvgIpc) is 2.57. The van der Waals surface area contributed by atoms with Crippen LogP contribution in [-0.2, 0) is 17.4 Å². The van der Waals surface area contributed by atoms with Crippen LogP contribution < -0.4 is 15.8 Å². The molecule has 0 unspecified atom stereocenters. The first-order valence-electron chi connectivity index (χ1n) is 7.77. The number of halogens is 3. The third-order valence-electron chi connectivity index (χ3n) is 3.55. The van der Waals surface area contributed by atoms with E-state index in [-0.39, 0.29) is 31.2 Å². The molecule has 2 aromatic rings. The monoisotopic (exact) mass is 352 g/mol. The van der Waals surface area contributed by atoms with Crippen LogP contribution in [-0.4, -0.2) is 19.1 Å². The molecule has 0 spiro atoms. The molecule has 0 fully saturated rings. The SMILES string of the molecule is Nc1ccccc1CCC(=O)NCCOc1ccccc1C(F)(F)F. The Hall–Kier alpha value is -2.70. The fourth-order valence-electron chi connectivity index (χ4n) is 2.28. The summed E-state index contributed by atoms with van der Waals surface area (Å²) in [5.74, 6) is -0.461. The quantitative estimate of drug-likeness (QED) is 0.593. The lowest BCUT2D eigenvalue weighted by Gasteiger charge is -2.14. The van der Waals surface area contributed by atoms with Crippen molar-refractivity contribution in [3.8, 4) is 5.75 Å². The first kappa shape index (κ1) is 18.6. The third kappa shape index (κ3) is 5.70. The highest BCUT2D eigenvalue weighted by Gasteiger charge is 2.33. The molecule has 0 aliphatic rings. The van der Waals surface area contributed by atoms with Gasteiger partial charge in [-0.25, -0.2) is 0 Å². The van der Waals surface area contributed by atoms with E-state index in [0.717, 1.165) is 11.6 Å². The summed E-state index contributed by atoms with van der Waals surface area (Å²) < 4.78 is 43.6. The minimum atomic E-state index is -4.48. The highest BCUT2D eigenvalue weighted by molar-refractivity contribution is 5.76. The number of amides is 1. The van der Waals surface area contributed by atoms with Gasteiger partial charge >= 0.3 is 6.18 Å². The summed E-state index contributed by atoms with van der Waals surface area (Å²) in [5, 5.41) is 2.61. The molecule has 0 saturated heterocycles. The van der Waals surface area contributed by atoms with Crippen molar-refractivity contribution in [1.29, 1.82) is 0 Å². The Morgan fingerprint density at radius 1 is 1.08 bits per heavy atom. The van der Waals surface area contributed by atoms with Crippen molar-refractivity contribution in [3.05, 3.63) is 59.7 Å². The van der Waals surface area contributed by atoms with Gasteiger partial charge in [-0.1, -0.05) is 30.3 Å². The fraction of sp³-hybridized carbons (Fsp3) is 0.278. The molecule has 4 nitrogen and oxygen atoms in total. The zero-order valence-corrected chi connectivity index (χ0v) is 13.5. The zero-order chi connectivity index (χ0) is 18.3. The fourth-order valence-corrected chi connectivity index (χ4v) is 2.28. The Kier molecular flexibility index (Phi) is 6.27. The molecule has 134 valence electrons. The van der Waals surface area contributed by atoms with E-state index < -0.39 is 11.7 Å². The molecule has 1 amide bonds. The second-order valence-electron chi connectivity index (χ2n) is 5.39. The van der Waals surface area contributed by atoms with Crippen LogP contribution in [0.4, 0.5) is 18.9 Å². The zero-order valence-electron chi connectivity index (χ0n) is 13.5. The second-order valence-corrected chi connectivity index (χ2v) is 5.39. The van der Waals surface area contributed by atoms with E-state index in [1.807, 2.05) is 18.2 Å². The number of aryl methyl sites for hydroxylation is 1. The van der Waals surface area contributed by atoms with Gasteiger partial charge in [0.15, 0.2) is 0 Å². The lowest BCUT2D eigenvalue weighted by atomic mass is 10.1. The average molecular weight is 352 g/mol. The van der Waals surface area contributed by atoms with Crippen LogP contribution in [0, 0.1) is 0 Å². The number of hydrogen-bond acceptors (Lipinski definition) is 3. The van der Waals surface area contributed by atoms with Crippen molar-refractivity contribution >= 4 is 11.6 Å². The smallest absolute Gasteiger partial charge is 0.419 e. The Labute approximate surface area is 143 Å². The maximum Gasteiger partial charge on any atom is 0.419 e. The maximum absolute atomic E-state index is 12.8. The summed E-state index contributed by atoms with van der Waals surface area (Å²) in [6.07, 6.45) is -3.74. The van der Waals surface area contributed by atoms with E-state index in [0.29, 0.717) is 12.1 Å². The maximum atomic E-state index is 12.8. The third-order valence-corrected chi connectivity index (χ3v) is 3.55. The van der Waals surface area contributed by atoms with Gasteiger partial charge in [0.05, 0.1) is 12.1 Å². The Morgan fingerprint density at radius 2 is 1.76 bits per heavy atom. The molecule has 0 bridgehead atoms. The Balaban J connectivity index is 1.75. The predicted octanol–water partition coefficient (Wildman–Crippen LogP) is 3.42. The lowest BCUT2D eigenvalue weighted by molar-refractivity contribution is -0.139. The van der Waals surface area contributed by atoms with E-state index in [4.69, 9.17) is 10.5 Å². The summed E-state index contributed by atoms with van der Waals surface area (Å²) in [5.41, 5.74) is 6.48. The van der Waals surface area contributed by atoms with Gasteiger partial charge in [-0.05, 0) is 30.2 Å². The van der Waals surface area contributed by atoms with Gasteiger partial charge in [0, 0.05) is 12.1 Å². The number of hydrogen-bond donors (Lipinski definition) is 2. The molecular formula is C18H19F3N2O2. The number of nitrogen functional groups attached to an aromatic ring is 1. The second kappa shape index (κ2) is 8.41. The Bertz CT molecular complexity index is 717. The Morgan fingerprint density at radius 3 is 2.48 bits per heavy atom. The largest absolute Gasteiger partial charge is 0.491 e. The van der Waals surface area contributed by atoms with Gasteiger partial charge in [-0.2, -0.15) is 13.2 Å². The van der Waals surface area contributed by atoms with Gasteiger partial charge in [0.25, 0.3) is 0 Å². The van der Waals surface area contributed by atoms with E-state index in [1.165, 1.54) is 18.2 Å². The molecule has 0 aliphatic carbocycles. The molecule has 0 aromatic heterocycles. The van der Waals surface area contributed by atoms with Crippen LogP contribution in [0.15, 0.2) is 48.5 Å². The van der Waals surface area contributed by atoms with Gasteiger partial charge in [0.2, 0.25) is 5.91 Å². The van der Waals surface area contributed by atoms with Crippen LogP contribution in [0.2, 0.25) is 0 Å². The first-order valence-corrected chi connectivity index (χ1v) is 7.77. The van der Waals surface area contributed by atoms with Crippen molar-refractivity contribution < 1.29 is 22.7 Å². The number of benzene rings is 2. The summed E-state index contributed by atoms with van der Waals surface area (Å²) in [6.45, 7) is 0.0710. The minimum absolute atomic E-state index is 0.0493. The van der Waals surface area contributed by atoms with E-state index in [1.54, 1.807) is 6.07 Å². The van der Waals surface area contributed by atoms with Crippen LogP contribution in [0.1, 0.15) is 17.5 Å². The van der Waals surface area contributed by atoms with E-state index >= 15 is 0 Å². The van der Waals surface area contributed by atoms with Crippen molar-refractivity contribution in [2.45, 2.75) is 19.0 Å². The van der Waals surface area contributed by atoms with Crippen molar-refractivity contribution in [3.63, 3.8) is 0 Å². The minimum Gasteiger partial charge on any atom is -0.491 e. The molecule has 3 N–H and O–H groups in total. The number of nitrogens with two attached hydrogens (primary N) is 1. The summed E-state index contributed by atoms with van der Waals surface area (Å²) >= 11 is 0. The molecular weight excluding hydrogens is 333 g/mol. The van der Waals surface area contributed by atoms with Crippen LogP contribution in [0.25, 0.3) is 0 Å². The topological polar surface area (TPSA) is 64.4 Å². The van der Waals surface area contributed by atoms with Gasteiger partial charge < -0.3 is 15.8 Å². The molecule has 0 radical (unpaired) electrons. The normalized spacial score (nSPS) is 11.2. The van der Waals surface area contributed by atoms with Crippen LogP contribution in [0.5, 0.6) is 5.75 Å². The van der Waals surface area contributed by atoms with Crippen molar-refractivity contribution in [2.75, 3.05) is 18.9 Å². The highest BCUT2D eigenvalue weighted by atomic mass is 19.4. The van der Waals surface area contributed by atoms with Crippen molar-refractivity contribution in [1.82, 2.24) is 5.32 Å². The number of para-hydroxylation sites is 2. The summed E-state index contributed by atoms with van der Waals surface area (Å²) in [4.78, 5) is 11.8.